The van der Waals surface area contributed by atoms with Crippen LogP contribution in [0.25, 0.3) is 0 Å². The van der Waals surface area contributed by atoms with Gasteiger partial charge >= 0.3 is 5.97 Å². The third kappa shape index (κ3) is 2.43. The molecule has 0 radical (unpaired) electrons. The van der Waals surface area contributed by atoms with Crippen LogP contribution in [0.4, 0.5) is 8.78 Å². The van der Waals surface area contributed by atoms with E-state index in [0.29, 0.717) is 5.56 Å². The molecular weight excluding hydrogens is 262 g/mol. The van der Waals surface area contributed by atoms with Crippen molar-refractivity contribution in [2.75, 3.05) is 0 Å². The number of alkyl halides is 2. The Morgan fingerprint density at radius 1 is 1.00 bits per heavy atom. The summed E-state index contributed by atoms with van der Waals surface area (Å²) in [6.07, 6.45) is -0.714. The number of hydrogen-bond acceptors (Lipinski definition) is 1. The number of hydrogen-bond donors (Lipinski definition) is 1. The Morgan fingerprint density at radius 2 is 1.50 bits per heavy atom. The van der Waals surface area contributed by atoms with Crippen LogP contribution in [0.3, 0.4) is 0 Å². The van der Waals surface area contributed by atoms with Crippen molar-refractivity contribution < 1.29 is 18.7 Å². The second-order valence-corrected chi connectivity index (χ2v) is 5.99. The lowest BCUT2D eigenvalue weighted by Gasteiger charge is -2.38. The van der Waals surface area contributed by atoms with Gasteiger partial charge in [-0.1, -0.05) is 12.1 Å². The molecule has 110 valence electrons. The Kier molecular flexibility index (Phi) is 3.61. The van der Waals surface area contributed by atoms with Crippen LogP contribution >= 0.6 is 0 Å². The molecule has 0 unspecified atom stereocenters. The molecule has 0 heterocycles. The van der Waals surface area contributed by atoms with Crippen molar-refractivity contribution in [1.82, 2.24) is 0 Å². The van der Waals surface area contributed by atoms with E-state index in [9.17, 15) is 18.7 Å². The summed E-state index contributed by atoms with van der Waals surface area (Å²) in [6, 6.07) is 3.81. The van der Waals surface area contributed by atoms with Crippen LogP contribution in [0, 0.1) is 20.8 Å². The van der Waals surface area contributed by atoms with E-state index in [1.807, 2.05) is 32.9 Å². The van der Waals surface area contributed by atoms with Gasteiger partial charge in [0.25, 0.3) is 0 Å². The van der Waals surface area contributed by atoms with E-state index in [-0.39, 0.29) is 25.7 Å². The zero-order valence-electron chi connectivity index (χ0n) is 12.1. The normalized spacial score (nSPS) is 20.6. The van der Waals surface area contributed by atoms with Gasteiger partial charge in [0.05, 0.1) is 5.41 Å². The minimum Gasteiger partial charge on any atom is -0.481 e. The number of halogens is 2. The highest BCUT2D eigenvalue weighted by molar-refractivity contribution is 5.82. The number of aliphatic carboxylic acids is 1. The number of aryl methyl sites for hydroxylation is 3. The second kappa shape index (κ2) is 4.83. The van der Waals surface area contributed by atoms with Crippen LogP contribution in [-0.2, 0) is 10.2 Å². The molecule has 0 bridgehead atoms. The summed E-state index contributed by atoms with van der Waals surface area (Å²) in [5.74, 6) is -3.72. The third-order valence-corrected chi connectivity index (χ3v) is 4.60. The molecule has 2 nitrogen and oxygen atoms in total. The van der Waals surface area contributed by atoms with Crippen molar-refractivity contribution in [1.29, 1.82) is 0 Å². The summed E-state index contributed by atoms with van der Waals surface area (Å²) in [5, 5.41) is 9.65. The Bertz CT molecular complexity index is 540. The largest absolute Gasteiger partial charge is 0.481 e. The first-order valence-electron chi connectivity index (χ1n) is 6.87. The predicted molar refractivity (Wildman–Crippen MR) is 73.4 cm³/mol. The molecule has 0 aromatic heterocycles. The van der Waals surface area contributed by atoms with Gasteiger partial charge in [0.15, 0.2) is 0 Å². The van der Waals surface area contributed by atoms with Crippen LogP contribution in [0.2, 0.25) is 0 Å². The van der Waals surface area contributed by atoms with Gasteiger partial charge in [-0.3, -0.25) is 4.79 Å². The predicted octanol–water partition coefficient (Wildman–Crippen LogP) is 4.14. The summed E-state index contributed by atoms with van der Waals surface area (Å²) in [6.45, 7) is 5.75. The summed E-state index contributed by atoms with van der Waals surface area (Å²) >= 11 is 0. The smallest absolute Gasteiger partial charge is 0.314 e. The van der Waals surface area contributed by atoms with Crippen LogP contribution in [0.15, 0.2) is 12.1 Å². The number of carboxylic acids is 1. The topological polar surface area (TPSA) is 37.3 Å². The van der Waals surface area contributed by atoms with Crippen molar-refractivity contribution in [3.8, 4) is 0 Å². The molecule has 2 rings (SSSR count). The van der Waals surface area contributed by atoms with Gasteiger partial charge in [0.2, 0.25) is 5.92 Å². The van der Waals surface area contributed by atoms with Crippen molar-refractivity contribution >= 4 is 5.97 Å². The molecule has 1 aromatic rings. The summed E-state index contributed by atoms with van der Waals surface area (Å²) in [7, 11) is 0. The number of benzene rings is 1. The molecule has 1 fully saturated rings. The Morgan fingerprint density at radius 3 is 2.00 bits per heavy atom. The van der Waals surface area contributed by atoms with Crippen molar-refractivity contribution in [2.24, 2.45) is 0 Å². The van der Waals surface area contributed by atoms with Crippen LogP contribution < -0.4 is 0 Å². The molecule has 0 atom stereocenters. The Balaban J connectivity index is 2.50. The highest BCUT2D eigenvalue weighted by atomic mass is 19.3. The van der Waals surface area contributed by atoms with E-state index in [1.54, 1.807) is 0 Å². The summed E-state index contributed by atoms with van der Waals surface area (Å²) in [4.78, 5) is 11.8. The second-order valence-electron chi connectivity index (χ2n) is 5.99. The van der Waals surface area contributed by atoms with Crippen LogP contribution in [0.1, 0.15) is 47.9 Å². The van der Waals surface area contributed by atoms with Gasteiger partial charge in [-0.15, -0.1) is 0 Å². The molecule has 1 saturated carbocycles. The van der Waals surface area contributed by atoms with Gasteiger partial charge in [-0.05, 0) is 55.9 Å². The molecule has 1 aromatic carbocycles. The molecule has 0 amide bonds. The van der Waals surface area contributed by atoms with Gasteiger partial charge in [0, 0.05) is 12.8 Å². The Hall–Kier alpha value is -1.45. The summed E-state index contributed by atoms with van der Waals surface area (Å²) in [5.41, 5.74) is 2.50. The molecule has 0 aliphatic heterocycles. The number of carboxylic acid groups (broad SMARTS) is 1. The van der Waals surface area contributed by atoms with E-state index < -0.39 is 17.3 Å². The zero-order valence-corrected chi connectivity index (χ0v) is 12.1. The highest BCUT2D eigenvalue weighted by Crippen LogP contribution is 2.46. The molecule has 1 aliphatic rings. The first kappa shape index (κ1) is 14.9. The van der Waals surface area contributed by atoms with E-state index in [0.717, 1.165) is 16.7 Å². The maximum absolute atomic E-state index is 13.4. The van der Waals surface area contributed by atoms with Crippen molar-refractivity contribution in [3.63, 3.8) is 0 Å². The van der Waals surface area contributed by atoms with Crippen molar-refractivity contribution in [3.05, 3.63) is 34.4 Å². The van der Waals surface area contributed by atoms with Gasteiger partial charge < -0.3 is 5.11 Å². The molecule has 4 heteroatoms. The van der Waals surface area contributed by atoms with Crippen LogP contribution in [0.5, 0.6) is 0 Å². The van der Waals surface area contributed by atoms with E-state index in [2.05, 4.69) is 0 Å². The van der Waals surface area contributed by atoms with E-state index >= 15 is 0 Å². The zero-order chi connectivity index (χ0) is 15.1. The lowest BCUT2D eigenvalue weighted by Crippen LogP contribution is -2.43. The highest BCUT2D eigenvalue weighted by Gasteiger charge is 2.49. The van der Waals surface area contributed by atoms with E-state index in [1.165, 1.54) is 0 Å². The average molecular weight is 282 g/mol. The third-order valence-electron chi connectivity index (χ3n) is 4.60. The summed E-state index contributed by atoms with van der Waals surface area (Å²) < 4.78 is 26.8. The lowest BCUT2D eigenvalue weighted by molar-refractivity contribution is -0.149. The minimum absolute atomic E-state index is 0.00132. The lowest BCUT2D eigenvalue weighted by atomic mass is 9.67. The molecule has 0 saturated heterocycles. The minimum atomic E-state index is -2.73. The fourth-order valence-electron chi connectivity index (χ4n) is 3.12. The fraction of sp³-hybridized carbons (Fsp3) is 0.562. The van der Waals surface area contributed by atoms with Crippen LogP contribution in [-0.4, -0.2) is 17.0 Å². The standard InChI is InChI=1S/C16H20F2O2/c1-10-8-12(3)13(9-11(10)2)15(14(19)20)4-6-16(17,18)7-5-15/h8-9H,4-7H2,1-3H3,(H,19,20). The fourth-order valence-corrected chi connectivity index (χ4v) is 3.12. The number of carbonyl (C=O) groups is 1. The van der Waals surface area contributed by atoms with Gasteiger partial charge in [0.1, 0.15) is 0 Å². The molecule has 20 heavy (non-hydrogen) atoms. The maximum Gasteiger partial charge on any atom is 0.314 e. The average Bonchev–Trinajstić information content (AvgIpc) is 2.34. The first-order valence-corrected chi connectivity index (χ1v) is 6.87. The molecule has 1 N–H and O–H groups in total. The molecule has 0 spiro atoms. The quantitative estimate of drug-likeness (QED) is 0.885. The van der Waals surface area contributed by atoms with Crippen molar-refractivity contribution in [2.45, 2.75) is 57.8 Å². The molecular formula is C16H20F2O2. The number of rotatable bonds is 2. The first-order chi connectivity index (χ1) is 9.18. The molecule has 1 aliphatic carbocycles. The maximum atomic E-state index is 13.4. The SMILES string of the molecule is Cc1cc(C)c(C2(C(=O)O)CCC(F)(F)CC2)cc1C. The monoisotopic (exact) mass is 282 g/mol. The van der Waals surface area contributed by atoms with E-state index in [4.69, 9.17) is 0 Å². The Labute approximate surface area is 117 Å². The van der Waals surface area contributed by atoms with Gasteiger partial charge in [-0.25, -0.2) is 8.78 Å². The van der Waals surface area contributed by atoms with Gasteiger partial charge in [-0.2, -0.15) is 0 Å².